The van der Waals surface area contributed by atoms with Gasteiger partial charge in [-0.3, -0.25) is 14.2 Å². The fourth-order valence-corrected chi connectivity index (χ4v) is 2.63. The second kappa shape index (κ2) is 6.65. The first-order chi connectivity index (χ1) is 12.0. The van der Waals surface area contributed by atoms with Crippen LogP contribution in [0.5, 0.6) is 11.5 Å². The third-order valence-electron chi connectivity index (χ3n) is 4.00. The Labute approximate surface area is 144 Å². The monoisotopic (exact) mass is 335 g/mol. The first-order valence-corrected chi connectivity index (χ1v) is 7.71. The number of benzene rings is 2. The Morgan fingerprint density at radius 2 is 1.84 bits per heavy atom. The molecule has 0 radical (unpaired) electrons. The van der Waals surface area contributed by atoms with Crippen molar-refractivity contribution in [2.75, 3.05) is 7.11 Å². The molecule has 0 spiro atoms. The number of aromatic nitrogens is 1. The van der Waals surface area contributed by atoms with E-state index in [-0.39, 0.29) is 22.7 Å². The van der Waals surface area contributed by atoms with E-state index in [1.807, 2.05) is 31.2 Å². The number of rotatable bonds is 4. The van der Waals surface area contributed by atoms with E-state index in [1.54, 1.807) is 6.07 Å². The Hall–Kier alpha value is -3.34. The van der Waals surface area contributed by atoms with Gasteiger partial charge in [0.1, 0.15) is 11.5 Å². The summed E-state index contributed by atoms with van der Waals surface area (Å²) in [6.45, 7) is 1.89. The summed E-state index contributed by atoms with van der Waals surface area (Å²) in [7, 11) is 1.48. The van der Waals surface area contributed by atoms with Crippen LogP contribution in [0.25, 0.3) is 5.69 Å². The van der Waals surface area contributed by atoms with Crippen molar-refractivity contribution < 1.29 is 14.6 Å². The highest BCUT2D eigenvalue weighted by Gasteiger charge is 2.16. The van der Waals surface area contributed by atoms with Crippen molar-refractivity contribution >= 4 is 5.78 Å². The van der Waals surface area contributed by atoms with E-state index in [0.717, 1.165) is 5.56 Å². The van der Waals surface area contributed by atoms with Gasteiger partial charge in [0.05, 0.1) is 18.4 Å². The molecule has 1 N–H and O–H groups in total. The molecule has 1 aromatic heterocycles. The van der Waals surface area contributed by atoms with Crippen molar-refractivity contribution in [3.63, 3.8) is 0 Å². The number of aryl methyl sites for hydroxylation is 1. The molecule has 0 fully saturated rings. The molecule has 0 saturated carbocycles. The SMILES string of the molecule is COc1ccc(C(=O)c2ccc(=O)n(-c3ccccc3C)c2)c(O)c1. The summed E-state index contributed by atoms with van der Waals surface area (Å²) in [6.07, 6.45) is 1.50. The number of ketones is 1. The fourth-order valence-electron chi connectivity index (χ4n) is 2.63. The third-order valence-corrected chi connectivity index (χ3v) is 4.00. The Balaban J connectivity index is 2.07. The maximum Gasteiger partial charge on any atom is 0.255 e. The average Bonchev–Trinajstić information content (AvgIpc) is 2.62. The van der Waals surface area contributed by atoms with E-state index < -0.39 is 0 Å². The van der Waals surface area contributed by atoms with Gasteiger partial charge >= 0.3 is 0 Å². The second-order valence-corrected chi connectivity index (χ2v) is 5.62. The molecular formula is C20H17NO4. The van der Waals surface area contributed by atoms with Crippen molar-refractivity contribution in [1.82, 2.24) is 4.57 Å². The van der Waals surface area contributed by atoms with Gasteiger partial charge in [0, 0.05) is 23.9 Å². The van der Waals surface area contributed by atoms with Gasteiger partial charge in [-0.1, -0.05) is 18.2 Å². The summed E-state index contributed by atoms with van der Waals surface area (Å²) < 4.78 is 6.46. The van der Waals surface area contributed by atoms with Gasteiger partial charge in [-0.2, -0.15) is 0 Å². The number of phenols is 1. The molecule has 0 aliphatic rings. The van der Waals surface area contributed by atoms with Crippen molar-refractivity contribution in [2.45, 2.75) is 6.92 Å². The predicted molar refractivity (Wildman–Crippen MR) is 94.9 cm³/mol. The largest absolute Gasteiger partial charge is 0.507 e. The average molecular weight is 335 g/mol. The number of aromatic hydroxyl groups is 1. The van der Waals surface area contributed by atoms with E-state index in [0.29, 0.717) is 17.0 Å². The number of pyridine rings is 1. The molecule has 0 atom stereocenters. The first kappa shape index (κ1) is 16.5. The second-order valence-electron chi connectivity index (χ2n) is 5.62. The number of nitrogens with zero attached hydrogens (tertiary/aromatic N) is 1. The van der Waals surface area contributed by atoms with Gasteiger partial charge in [-0.15, -0.1) is 0 Å². The normalized spacial score (nSPS) is 10.5. The fraction of sp³-hybridized carbons (Fsp3) is 0.100. The molecule has 0 amide bonds. The standard InChI is InChI=1S/C20H17NO4/c1-13-5-3-4-6-17(13)21-12-14(7-10-19(21)23)20(24)16-9-8-15(25-2)11-18(16)22/h3-12,22H,1-2H3. The lowest BCUT2D eigenvalue weighted by atomic mass is 10.0. The van der Waals surface area contributed by atoms with Crippen molar-refractivity contribution in [1.29, 1.82) is 0 Å². The van der Waals surface area contributed by atoms with Gasteiger partial charge in [-0.05, 0) is 36.8 Å². The highest BCUT2D eigenvalue weighted by Crippen LogP contribution is 2.25. The van der Waals surface area contributed by atoms with Crippen LogP contribution in [-0.2, 0) is 0 Å². The Kier molecular flexibility index (Phi) is 4.39. The molecule has 5 heteroatoms. The third kappa shape index (κ3) is 3.17. The molecule has 126 valence electrons. The van der Waals surface area contributed by atoms with Gasteiger partial charge < -0.3 is 9.84 Å². The number of phenolic OH excluding ortho intramolecular Hbond substituents is 1. The molecule has 2 aromatic carbocycles. The summed E-state index contributed by atoms with van der Waals surface area (Å²) in [5.74, 6) is -0.0839. The van der Waals surface area contributed by atoms with Crippen molar-refractivity contribution in [3.05, 3.63) is 87.8 Å². The lowest BCUT2D eigenvalue weighted by Crippen LogP contribution is -2.19. The van der Waals surface area contributed by atoms with E-state index in [2.05, 4.69) is 0 Å². The van der Waals surface area contributed by atoms with Crippen LogP contribution in [0.2, 0.25) is 0 Å². The van der Waals surface area contributed by atoms with Crippen molar-refractivity contribution in [2.24, 2.45) is 0 Å². The number of hydrogen-bond donors (Lipinski definition) is 1. The molecule has 0 unspecified atom stereocenters. The lowest BCUT2D eigenvalue weighted by molar-refractivity contribution is 0.103. The zero-order valence-corrected chi connectivity index (χ0v) is 13.9. The summed E-state index contributed by atoms with van der Waals surface area (Å²) >= 11 is 0. The molecular weight excluding hydrogens is 318 g/mol. The van der Waals surface area contributed by atoms with Crippen LogP contribution in [0.4, 0.5) is 0 Å². The van der Waals surface area contributed by atoms with Crippen LogP contribution < -0.4 is 10.3 Å². The molecule has 1 heterocycles. The zero-order valence-electron chi connectivity index (χ0n) is 13.9. The molecule has 0 bridgehead atoms. The number of carbonyl (C=O) groups is 1. The van der Waals surface area contributed by atoms with E-state index >= 15 is 0 Å². The van der Waals surface area contributed by atoms with Gasteiger partial charge in [-0.25, -0.2) is 0 Å². The smallest absolute Gasteiger partial charge is 0.255 e. The summed E-state index contributed by atoms with van der Waals surface area (Å²) in [6, 6.07) is 14.7. The maximum absolute atomic E-state index is 12.7. The number of methoxy groups -OCH3 is 1. The molecule has 3 aromatic rings. The van der Waals surface area contributed by atoms with Crippen LogP contribution in [0, 0.1) is 6.92 Å². The number of carbonyl (C=O) groups excluding carboxylic acids is 1. The van der Waals surface area contributed by atoms with Crippen LogP contribution >= 0.6 is 0 Å². The van der Waals surface area contributed by atoms with Gasteiger partial charge in [0.2, 0.25) is 0 Å². The Morgan fingerprint density at radius 1 is 1.08 bits per heavy atom. The summed E-state index contributed by atoms with van der Waals surface area (Å²) in [5, 5.41) is 10.1. The molecule has 3 rings (SSSR count). The maximum atomic E-state index is 12.7. The highest BCUT2D eigenvalue weighted by atomic mass is 16.5. The van der Waals surface area contributed by atoms with Crippen molar-refractivity contribution in [3.8, 4) is 17.2 Å². The molecule has 0 aliphatic carbocycles. The summed E-state index contributed by atoms with van der Waals surface area (Å²) in [4.78, 5) is 24.9. The Bertz CT molecular complexity index is 1000. The summed E-state index contributed by atoms with van der Waals surface area (Å²) in [5.41, 5.74) is 1.85. The zero-order chi connectivity index (χ0) is 18.0. The van der Waals surface area contributed by atoms with E-state index in [1.165, 1.54) is 42.1 Å². The minimum Gasteiger partial charge on any atom is -0.507 e. The number of hydrogen-bond acceptors (Lipinski definition) is 4. The molecule has 5 nitrogen and oxygen atoms in total. The van der Waals surface area contributed by atoms with Crippen LogP contribution in [0.1, 0.15) is 21.5 Å². The van der Waals surface area contributed by atoms with Crippen LogP contribution in [0.15, 0.2) is 65.6 Å². The topological polar surface area (TPSA) is 68.5 Å². The van der Waals surface area contributed by atoms with Gasteiger partial charge in [0.15, 0.2) is 5.78 Å². The number of ether oxygens (including phenoxy) is 1. The lowest BCUT2D eigenvalue weighted by Gasteiger charge is -2.11. The van der Waals surface area contributed by atoms with E-state index in [9.17, 15) is 14.7 Å². The Morgan fingerprint density at radius 3 is 2.52 bits per heavy atom. The highest BCUT2D eigenvalue weighted by molar-refractivity contribution is 6.10. The molecule has 25 heavy (non-hydrogen) atoms. The van der Waals surface area contributed by atoms with E-state index in [4.69, 9.17) is 4.74 Å². The predicted octanol–water partition coefficient (Wildman–Crippen LogP) is 3.09. The first-order valence-electron chi connectivity index (χ1n) is 7.71. The quantitative estimate of drug-likeness (QED) is 0.744. The number of para-hydroxylation sites is 1. The van der Waals surface area contributed by atoms with Crippen LogP contribution in [-0.4, -0.2) is 22.6 Å². The van der Waals surface area contributed by atoms with Crippen LogP contribution in [0.3, 0.4) is 0 Å². The van der Waals surface area contributed by atoms with Gasteiger partial charge in [0.25, 0.3) is 5.56 Å². The minimum absolute atomic E-state index is 0.149. The molecule has 0 saturated heterocycles. The minimum atomic E-state index is -0.373. The molecule has 0 aliphatic heterocycles.